The van der Waals surface area contributed by atoms with Crippen LogP contribution in [0, 0.1) is 5.92 Å². The lowest BCUT2D eigenvalue weighted by atomic mass is 9.98. The molecular weight excluding hydrogens is 178 g/mol. The number of esters is 1. The van der Waals surface area contributed by atoms with E-state index in [0.29, 0.717) is 0 Å². The molecule has 1 rings (SSSR count). The number of hydrogen-bond donors (Lipinski definition) is 1. The molecule has 1 aliphatic rings. The van der Waals surface area contributed by atoms with E-state index in [1.165, 1.54) is 0 Å². The van der Waals surface area contributed by atoms with Gasteiger partial charge in [0, 0.05) is 0 Å². The fraction of sp³-hybridized carbons (Fsp3) is 0.909. The summed E-state index contributed by atoms with van der Waals surface area (Å²) in [6.07, 6.45) is 3.98. The summed E-state index contributed by atoms with van der Waals surface area (Å²) in [6, 6.07) is 0. The quantitative estimate of drug-likeness (QED) is 0.701. The number of piperidine rings is 1. The molecule has 0 amide bonds. The van der Waals surface area contributed by atoms with E-state index in [1.807, 2.05) is 6.92 Å². The average molecular weight is 199 g/mol. The monoisotopic (exact) mass is 199 g/mol. The Morgan fingerprint density at radius 2 is 2.14 bits per heavy atom. The molecule has 82 valence electrons. The van der Waals surface area contributed by atoms with Gasteiger partial charge >= 0.3 is 5.97 Å². The summed E-state index contributed by atoms with van der Waals surface area (Å²) in [5.41, 5.74) is 0. The van der Waals surface area contributed by atoms with E-state index >= 15 is 0 Å². The van der Waals surface area contributed by atoms with Gasteiger partial charge in [0.2, 0.25) is 0 Å². The zero-order chi connectivity index (χ0) is 10.4. The summed E-state index contributed by atoms with van der Waals surface area (Å²) in [5, 5.41) is 3.24. The molecule has 1 aliphatic heterocycles. The van der Waals surface area contributed by atoms with E-state index in [0.717, 1.165) is 38.8 Å². The van der Waals surface area contributed by atoms with Gasteiger partial charge in [-0.15, -0.1) is 0 Å². The Hall–Kier alpha value is -0.570. The molecule has 3 nitrogen and oxygen atoms in total. The van der Waals surface area contributed by atoms with Crippen LogP contribution in [-0.2, 0) is 9.53 Å². The van der Waals surface area contributed by atoms with E-state index in [2.05, 4.69) is 12.2 Å². The molecule has 0 aromatic rings. The minimum absolute atomic E-state index is 0.00690. The molecule has 0 aromatic heterocycles. The summed E-state index contributed by atoms with van der Waals surface area (Å²) < 4.78 is 5.36. The van der Waals surface area contributed by atoms with Crippen molar-refractivity contribution in [3.8, 4) is 0 Å². The Bertz CT molecular complexity index is 176. The Balaban J connectivity index is 2.25. The molecule has 1 N–H and O–H groups in total. The highest BCUT2D eigenvalue weighted by atomic mass is 16.5. The van der Waals surface area contributed by atoms with Crippen molar-refractivity contribution in [3.63, 3.8) is 0 Å². The Morgan fingerprint density at radius 1 is 1.50 bits per heavy atom. The smallest absolute Gasteiger partial charge is 0.309 e. The molecule has 1 atom stereocenters. The van der Waals surface area contributed by atoms with Crippen molar-refractivity contribution in [1.82, 2.24) is 5.32 Å². The van der Waals surface area contributed by atoms with Gasteiger partial charge in [-0.2, -0.15) is 0 Å². The molecule has 14 heavy (non-hydrogen) atoms. The molecule has 1 fully saturated rings. The summed E-state index contributed by atoms with van der Waals surface area (Å²) >= 11 is 0. The van der Waals surface area contributed by atoms with E-state index in [4.69, 9.17) is 4.74 Å². The van der Waals surface area contributed by atoms with Gasteiger partial charge in [-0.25, -0.2) is 0 Å². The standard InChI is InChI=1S/C11H21NO2/c1-3-4-9(2)14-11(13)10-5-7-12-8-6-10/h9-10,12H,3-8H2,1-2H3. The molecule has 1 saturated heterocycles. The Kier molecular flexibility index (Phi) is 4.94. The van der Waals surface area contributed by atoms with Gasteiger partial charge in [0.25, 0.3) is 0 Å². The number of hydrogen-bond acceptors (Lipinski definition) is 3. The summed E-state index contributed by atoms with van der Waals surface area (Å²) in [6.45, 7) is 5.97. The van der Waals surface area contributed by atoms with Crippen LogP contribution in [0.25, 0.3) is 0 Å². The van der Waals surface area contributed by atoms with E-state index in [9.17, 15) is 4.79 Å². The second kappa shape index (κ2) is 6.02. The molecule has 0 aromatic carbocycles. The van der Waals surface area contributed by atoms with E-state index in [1.54, 1.807) is 0 Å². The van der Waals surface area contributed by atoms with Crippen molar-refractivity contribution in [3.05, 3.63) is 0 Å². The first-order valence-electron chi connectivity index (χ1n) is 5.65. The molecule has 0 radical (unpaired) electrons. The van der Waals surface area contributed by atoms with Gasteiger partial charge in [0.05, 0.1) is 12.0 Å². The van der Waals surface area contributed by atoms with Gasteiger partial charge in [0.1, 0.15) is 0 Å². The minimum Gasteiger partial charge on any atom is -0.462 e. The third-order valence-corrected chi connectivity index (χ3v) is 2.69. The summed E-state index contributed by atoms with van der Waals surface area (Å²) in [7, 11) is 0. The van der Waals surface area contributed by atoms with Crippen molar-refractivity contribution < 1.29 is 9.53 Å². The fourth-order valence-corrected chi connectivity index (χ4v) is 1.82. The lowest BCUT2D eigenvalue weighted by Crippen LogP contribution is -2.33. The predicted octanol–water partition coefficient (Wildman–Crippen LogP) is 1.72. The maximum atomic E-state index is 11.6. The van der Waals surface area contributed by atoms with E-state index in [-0.39, 0.29) is 18.0 Å². The zero-order valence-electron chi connectivity index (χ0n) is 9.21. The maximum Gasteiger partial charge on any atom is 0.309 e. The first kappa shape index (κ1) is 11.5. The zero-order valence-corrected chi connectivity index (χ0v) is 9.21. The molecule has 0 bridgehead atoms. The van der Waals surface area contributed by atoms with Crippen LogP contribution in [-0.4, -0.2) is 25.2 Å². The first-order chi connectivity index (χ1) is 6.74. The van der Waals surface area contributed by atoms with Gasteiger partial charge < -0.3 is 10.1 Å². The molecule has 0 saturated carbocycles. The topological polar surface area (TPSA) is 38.3 Å². The van der Waals surface area contributed by atoms with Crippen molar-refractivity contribution in [1.29, 1.82) is 0 Å². The highest BCUT2D eigenvalue weighted by Gasteiger charge is 2.23. The van der Waals surface area contributed by atoms with Crippen molar-refractivity contribution in [2.24, 2.45) is 5.92 Å². The van der Waals surface area contributed by atoms with Crippen LogP contribution < -0.4 is 5.32 Å². The fourth-order valence-electron chi connectivity index (χ4n) is 1.82. The predicted molar refractivity (Wildman–Crippen MR) is 56.1 cm³/mol. The number of rotatable bonds is 4. The second-order valence-corrected chi connectivity index (χ2v) is 4.06. The number of carbonyl (C=O) groups excluding carboxylic acids is 1. The third kappa shape index (κ3) is 3.66. The lowest BCUT2D eigenvalue weighted by molar-refractivity contribution is -0.154. The van der Waals surface area contributed by atoms with Crippen LogP contribution in [0.3, 0.4) is 0 Å². The Morgan fingerprint density at radius 3 is 2.71 bits per heavy atom. The van der Waals surface area contributed by atoms with Gasteiger partial charge in [-0.05, 0) is 39.3 Å². The van der Waals surface area contributed by atoms with Crippen LogP contribution in [0.15, 0.2) is 0 Å². The highest BCUT2D eigenvalue weighted by Crippen LogP contribution is 2.15. The normalized spacial score (nSPS) is 20.4. The molecular formula is C11H21NO2. The highest BCUT2D eigenvalue weighted by molar-refractivity contribution is 5.72. The number of ether oxygens (including phenoxy) is 1. The largest absolute Gasteiger partial charge is 0.462 e. The van der Waals surface area contributed by atoms with Gasteiger partial charge in [-0.1, -0.05) is 13.3 Å². The third-order valence-electron chi connectivity index (χ3n) is 2.69. The molecule has 1 unspecified atom stereocenters. The van der Waals surface area contributed by atoms with E-state index < -0.39 is 0 Å². The lowest BCUT2D eigenvalue weighted by Gasteiger charge is -2.22. The van der Waals surface area contributed by atoms with Crippen LogP contribution in [0.2, 0.25) is 0 Å². The number of nitrogens with one attached hydrogen (secondary N) is 1. The van der Waals surface area contributed by atoms with Gasteiger partial charge in [0.15, 0.2) is 0 Å². The summed E-state index contributed by atoms with van der Waals surface area (Å²) in [5.74, 6) is 0.142. The van der Waals surface area contributed by atoms with Crippen molar-refractivity contribution in [2.45, 2.75) is 45.6 Å². The number of carbonyl (C=O) groups is 1. The maximum absolute atomic E-state index is 11.6. The molecule has 0 aliphatic carbocycles. The minimum atomic E-state index is 0.00690. The summed E-state index contributed by atoms with van der Waals surface area (Å²) in [4.78, 5) is 11.6. The van der Waals surface area contributed by atoms with Crippen LogP contribution in [0.1, 0.15) is 39.5 Å². The van der Waals surface area contributed by atoms with Crippen molar-refractivity contribution in [2.75, 3.05) is 13.1 Å². The van der Waals surface area contributed by atoms with Gasteiger partial charge in [-0.3, -0.25) is 4.79 Å². The Labute approximate surface area is 86.2 Å². The molecule has 3 heteroatoms. The second-order valence-electron chi connectivity index (χ2n) is 4.06. The average Bonchev–Trinajstić information content (AvgIpc) is 2.19. The van der Waals surface area contributed by atoms with Crippen LogP contribution >= 0.6 is 0 Å². The molecule has 1 heterocycles. The van der Waals surface area contributed by atoms with Crippen LogP contribution in [0.5, 0.6) is 0 Å². The molecule has 0 spiro atoms. The van der Waals surface area contributed by atoms with Crippen LogP contribution in [0.4, 0.5) is 0 Å². The van der Waals surface area contributed by atoms with Crippen molar-refractivity contribution >= 4 is 5.97 Å². The first-order valence-corrected chi connectivity index (χ1v) is 5.65. The SMILES string of the molecule is CCCC(C)OC(=O)C1CCNCC1.